The summed E-state index contributed by atoms with van der Waals surface area (Å²) in [5.74, 6) is 0.263. The maximum Gasteiger partial charge on any atom is 0.218 e. The van der Waals surface area contributed by atoms with Gasteiger partial charge in [0.25, 0.3) is 0 Å². The van der Waals surface area contributed by atoms with Gasteiger partial charge in [-0.25, -0.2) is 0 Å². The third-order valence-corrected chi connectivity index (χ3v) is 2.69. The average Bonchev–Trinajstić information content (AvgIpc) is 2.05. The molecule has 0 saturated heterocycles. The molecule has 1 unspecified atom stereocenters. The van der Waals surface area contributed by atoms with Gasteiger partial charge in [-0.3, -0.25) is 4.79 Å². The summed E-state index contributed by atoms with van der Waals surface area (Å²) in [4.78, 5) is 10.6. The molecule has 3 nitrogen and oxygen atoms in total. The van der Waals surface area contributed by atoms with Crippen molar-refractivity contribution in [2.24, 2.45) is 17.4 Å². The maximum atomic E-state index is 10.6. The first-order valence-corrected chi connectivity index (χ1v) is 4.74. The zero-order valence-corrected chi connectivity index (χ0v) is 7.46. The van der Waals surface area contributed by atoms with E-state index in [0.29, 0.717) is 12.3 Å². The summed E-state index contributed by atoms with van der Waals surface area (Å²) in [5.41, 5.74) is 10.9. The predicted octanol–water partition coefficient (Wildman–Crippen LogP) is 0.769. The van der Waals surface area contributed by atoms with Gasteiger partial charge >= 0.3 is 0 Å². The second-order valence-electron chi connectivity index (χ2n) is 3.73. The second kappa shape index (κ2) is 4.45. The molecule has 0 bridgehead atoms. The van der Waals surface area contributed by atoms with Crippen LogP contribution in [-0.4, -0.2) is 11.9 Å². The highest BCUT2D eigenvalue weighted by Crippen LogP contribution is 2.26. The van der Waals surface area contributed by atoms with Crippen molar-refractivity contribution in [1.82, 2.24) is 0 Å². The van der Waals surface area contributed by atoms with Crippen LogP contribution in [0.25, 0.3) is 0 Å². The normalized spacial score (nSPS) is 22.1. The molecule has 0 aromatic heterocycles. The fourth-order valence-electron chi connectivity index (χ4n) is 1.96. The van der Waals surface area contributed by atoms with Crippen LogP contribution in [0.1, 0.15) is 38.5 Å². The number of nitrogens with two attached hydrogens (primary N) is 2. The molecule has 1 aliphatic rings. The predicted molar refractivity (Wildman–Crippen MR) is 48.4 cm³/mol. The number of rotatable bonds is 3. The van der Waals surface area contributed by atoms with Gasteiger partial charge in [-0.05, 0) is 18.8 Å². The molecule has 1 fully saturated rings. The molecule has 12 heavy (non-hydrogen) atoms. The van der Waals surface area contributed by atoms with Crippen molar-refractivity contribution in [2.45, 2.75) is 44.6 Å². The quantitative estimate of drug-likeness (QED) is 0.656. The van der Waals surface area contributed by atoms with E-state index in [1.807, 2.05) is 0 Å². The highest BCUT2D eigenvalue weighted by Gasteiger charge is 2.21. The molecule has 0 heterocycles. The summed E-state index contributed by atoms with van der Waals surface area (Å²) in [6.45, 7) is 0. The van der Waals surface area contributed by atoms with Crippen LogP contribution >= 0.6 is 0 Å². The van der Waals surface area contributed by atoms with E-state index in [0.717, 1.165) is 0 Å². The Bertz CT molecular complexity index is 153. The Balaban J connectivity index is 2.29. The first-order chi connectivity index (χ1) is 5.70. The van der Waals surface area contributed by atoms with E-state index in [4.69, 9.17) is 11.5 Å². The first-order valence-electron chi connectivity index (χ1n) is 4.74. The van der Waals surface area contributed by atoms with Gasteiger partial charge < -0.3 is 11.5 Å². The Morgan fingerprint density at radius 3 is 2.42 bits per heavy atom. The van der Waals surface area contributed by atoms with Crippen LogP contribution in [-0.2, 0) is 4.79 Å². The highest BCUT2D eigenvalue weighted by atomic mass is 16.1. The fraction of sp³-hybridized carbons (Fsp3) is 0.889. The van der Waals surface area contributed by atoms with E-state index in [2.05, 4.69) is 0 Å². The van der Waals surface area contributed by atoms with E-state index in [1.54, 1.807) is 0 Å². The molecule has 1 saturated carbocycles. The first kappa shape index (κ1) is 9.52. The lowest BCUT2D eigenvalue weighted by atomic mass is 9.83. The van der Waals surface area contributed by atoms with E-state index >= 15 is 0 Å². The summed E-state index contributed by atoms with van der Waals surface area (Å²) in [6.07, 6.45) is 6.54. The van der Waals surface area contributed by atoms with E-state index in [9.17, 15) is 4.79 Å². The highest BCUT2D eigenvalue weighted by molar-refractivity contribution is 5.74. The van der Waals surface area contributed by atoms with Gasteiger partial charge in [-0.1, -0.05) is 19.3 Å². The van der Waals surface area contributed by atoms with Gasteiger partial charge in [0.1, 0.15) is 0 Å². The molecule has 0 radical (unpaired) electrons. The third-order valence-electron chi connectivity index (χ3n) is 2.69. The Hall–Kier alpha value is -0.570. The summed E-state index contributed by atoms with van der Waals surface area (Å²) in [7, 11) is 0. The lowest BCUT2D eigenvalue weighted by molar-refractivity contribution is -0.118. The van der Waals surface area contributed by atoms with E-state index in [1.165, 1.54) is 32.1 Å². The molecule has 0 aromatic rings. The smallest absolute Gasteiger partial charge is 0.218 e. The zero-order chi connectivity index (χ0) is 8.97. The molecule has 70 valence electrons. The van der Waals surface area contributed by atoms with Gasteiger partial charge in [0.05, 0.1) is 0 Å². The topological polar surface area (TPSA) is 69.1 Å². The average molecular weight is 170 g/mol. The molecule has 3 heteroatoms. The molecular formula is C9H18N2O. The molecular weight excluding hydrogens is 152 g/mol. The molecule has 1 amide bonds. The Morgan fingerprint density at radius 1 is 1.33 bits per heavy atom. The number of amides is 1. The summed E-state index contributed by atoms with van der Waals surface area (Å²) >= 11 is 0. The maximum absolute atomic E-state index is 10.6. The van der Waals surface area contributed by atoms with Crippen molar-refractivity contribution in [3.8, 4) is 0 Å². The van der Waals surface area contributed by atoms with Gasteiger partial charge in [0, 0.05) is 12.5 Å². The minimum Gasteiger partial charge on any atom is -0.370 e. The van der Waals surface area contributed by atoms with Crippen molar-refractivity contribution in [2.75, 3.05) is 0 Å². The molecule has 0 spiro atoms. The van der Waals surface area contributed by atoms with Crippen LogP contribution in [0.15, 0.2) is 0 Å². The number of carbonyl (C=O) groups excluding carboxylic acids is 1. The summed E-state index contributed by atoms with van der Waals surface area (Å²) < 4.78 is 0. The fourth-order valence-corrected chi connectivity index (χ4v) is 1.96. The molecule has 0 aliphatic heterocycles. The van der Waals surface area contributed by atoms with Gasteiger partial charge in [0.15, 0.2) is 0 Å². The number of hydrogen-bond donors (Lipinski definition) is 2. The van der Waals surface area contributed by atoms with E-state index in [-0.39, 0.29) is 11.9 Å². The van der Waals surface area contributed by atoms with Crippen LogP contribution in [0.4, 0.5) is 0 Å². The largest absolute Gasteiger partial charge is 0.370 e. The SMILES string of the molecule is NC(=O)CC(N)C1CCCCC1. The van der Waals surface area contributed by atoms with Crippen LogP contribution in [0.2, 0.25) is 0 Å². The molecule has 1 aliphatic carbocycles. The van der Waals surface area contributed by atoms with Gasteiger partial charge in [-0.15, -0.1) is 0 Å². The number of primary amides is 1. The number of hydrogen-bond acceptors (Lipinski definition) is 2. The molecule has 1 rings (SSSR count). The van der Waals surface area contributed by atoms with Crippen molar-refractivity contribution in [3.63, 3.8) is 0 Å². The lowest BCUT2D eigenvalue weighted by Crippen LogP contribution is -2.35. The zero-order valence-electron chi connectivity index (χ0n) is 7.46. The summed E-state index contributed by atoms with van der Waals surface area (Å²) in [6, 6.07) is 0.00259. The van der Waals surface area contributed by atoms with Crippen molar-refractivity contribution >= 4 is 5.91 Å². The summed E-state index contributed by atoms with van der Waals surface area (Å²) in [5, 5.41) is 0. The molecule has 1 atom stereocenters. The van der Waals surface area contributed by atoms with Crippen LogP contribution in [0, 0.1) is 5.92 Å². The van der Waals surface area contributed by atoms with Crippen molar-refractivity contribution < 1.29 is 4.79 Å². The minimum atomic E-state index is -0.270. The van der Waals surface area contributed by atoms with Crippen LogP contribution in [0.5, 0.6) is 0 Å². The number of carbonyl (C=O) groups is 1. The Labute approximate surface area is 73.5 Å². The van der Waals surface area contributed by atoms with Crippen LogP contribution in [0.3, 0.4) is 0 Å². The van der Waals surface area contributed by atoms with Gasteiger partial charge in [-0.2, -0.15) is 0 Å². The van der Waals surface area contributed by atoms with Crippen molar-refractivity contribution in [3.05, 3.63) is 0 Å². The van der Waals surface area contributed by atoms with E-state index < -0.39 is 0 Å². The Kier molecular flexibility index (Phi) is 3.53. The standard InChI is InChI=1S/C9H18N2O/c10-8(6-9(11)12)7-4-2-1-3-5-7/h7-8H,1-6,10H2,(H2,11,12). The monoisotopic (exact) mass is 170 g/mol. The van der Waals surface area contributed by atoms with Crippen LogP contribution < -0.4 is 11.5 Å². The van der Waals surface area contributed by atoms with Crippen molar-refractivity contribution in [1.29, 1.82) is 0 Å². The lowest BCUT2D eigenvalue weighted by Gasteiger charge is -2.26. The molecule has 0 aromatic carbocycles. The van der Waals surface area contributed by atoms with Gasteiger partial charge in [0.2, 0.25) is 5.91 Å². The third kappa shape index (κ3) is 2.81. The molecule has 4 N–H and O–H groups in total. The minimum absolute atomic E-state index is 0.00259. The Morgan fingerprint density at radius 2 is 1.92 bits per heavy atom. The second-order valence-corrected chi connectivity index (χ2v) is 3.73.